The lowest BCUT2D eigenvalue weighted by molar-refractivity contribution is 0.436. The van der Waals surface area contributed by atoms with Gasteiger partial charge in [0.25, 0.3) is 0 Å². The number of unbranched alkanes of at least 4 members (excludes halogenated alkanes) is 2. The van der Waals surface area contributed by atoms with Crippen LogP contribution in [0.1, 0.15) is 32.6 Å². The molecule has 0 saturated carbocycles. The number of aromatic nitrogens is 1. The maximum Gasteiger partial charge on any atom is 0.182 e. The molecule has 0 aliphatic carbocycles. The molecule has 90 valence electrons. The fourth-order valence-electron chi connectivity index (χ4n) is 2.30. The van der Waals surface area contributed by atoms with Crippen molar-refractivity contribution in [2.24, 2.45) is 0 Å². The first kappa shape index (κ1) is 11.5. The van der Waals surface area contributed by atoms with Crippen LogP contribution in [0, 0.1) is 0 Å². The van der Waals surface area contributed by atoms with Gasteiger partial charge in [0, 0.05) is 25.7 Å². The van der Waals surface area contributed by atoms with Crippen molar-refractivity contribution in [3.8, 4) is 0 Å². The van der Waals surface area contributed by atoms with Crippen LogP contribution in [0.4, 0.5) is 5.82 Å². The molecule has 1 N–H and O–H groups in total. The molecule has 1 aliphatic rings. The van der Waals surface area contributed by atoms with Gasteiger partial charge in [-0.15, -0.1) is 0 Å². The Hall–Kier alpha value is -1.03. The smallest absolute Gasteiger partial charge is 0.182 e. The minimum absolute atomic E-state index is 0.574. The minimum atomic E-state index is 0.574. The van der Waals surface area contributed by atoms with E-state index in [1.807, 2.05) is 0 Å². The minimum Gasteiger partial charge on any atom is -0.449 e. The lowest BCUT2D eigenvalue weighted by Gasteiger charge is -2.36. The standard InChI is InChI=1S/C12H21N3O/c1-2-3-4-5-11-8-13-6-7-15(11)12-9-16-10-14-12/h9-11,13H,2-8H2,1H3. The molecule has 1 aromatic heterocycles. The Kier molecular flexibility index (Phi) is 4.22. The van der Waals surface area contributed by atoms with Gasteiger partial charge in [0.1, 0.15) is 6.26 Å². The first-order valence-corrected chi connectivity index (χ1v) is 6.27. The molecule has 1 aromatic rings. The van der Waals surface area contributed by atoms with Gasteiger partial charge < -0.3 is 14.6 Å². The Balaban J connectivity index is 1.92. The van der Waals surface area contributed by atoms with Crippen LogP contribution in [-0.4, -0.2) is 30.7 Å². The number of nitrogens with zero attached hydrogens (tertiary/aromatic N) is 2. The van der Waals surface area contributed by atoms with Gasteiger partial charge in [-0.3, -0.25) is 0 Å². The van der Waals surface area contributed by atoms with Crippen LogP contribution in [0.15, 0.2) is 17.1 Å². The third-order valence-electron chi connectivity index (χ3n) is 3.20. The molecule has 1 aliphatic heterocycles. The van der Waals surface area contributed by atoms with Crippen molar-refractivity contribution in [2.45, 2.75) is 38.6 Å². The summed E-state index contributed by atoms with van der Waals surface area (Å²) in [6, 6.07) is 0.574. The van der Waals surface area contributed by atoms with E-state index in [-0.39, 0.29) is 0 Å². The van der Waals surface area contributed by atoms with Crippen LogP contribution >= 0.6 is 0 Å². The van der Waals surface area contributed by atoms with Crippen molar-refractivity contribution >= 4 is 5.82 Å². The van der Waals surface area contributed by atoms with E-state index in [4.69, 9.17) is 4.42 Å². The van der Waals surface area contributed by atoms with E-state index >= 15 is 0 Å². The van der Waals surface area contributed by atoms with Crippen molar-refractivity contribution in [3.05, 3.63) is 12.7 Å². The summed E-state index contributed by atoms with van der Waals surface area (Å²) < 4.78 is 5.07. The lowest BCUT2D eigenvalue weighted by atomic mass is 10.1. The number of nitrogens with one attached hydrogen (secondary N) is 1. The molecule has 0 radical (unpaired) electrons. The van der Waals surface area contributed by atoms with Gasteiger partial charge >= 0.3 is 0 Å². The third-order valence-corrected chi connectivity index (χ3v) is 3.20. The van der Waals surface area contributed by atoms with Gasteiger partial charge in [0.2, 0.25) is 0 Å². The van der Waals surface area contributed by atoms with E-state index in [1.54, 1.807) is 6.26 Å². The number of anilines is 1. The normalized spacial score (nSPS) is 21.3. The predicted molar refractivity (Wildman–Crippen MR) is 64.6 cm³/mol. The van der Waals surface area contributed by atoms with E-state index in [0.717, 1.165) is 25.5 Å². The number of oxazole rings is 1. The lowest BCUT2D eigenvalue weighted by Crippen LogP contribution is -2.51. The molecule has 1 atom stereocenters. The molecule has 1 fully saturated rings. The molecule has 2 rings (SSSR count). The molecule has 1 saturated heterocycles. The molecule has 16 heavy (non-hydrogen) atoms. The summed E-state index contributed by atoms with van der Waals surface area (Å²) in [5.74, 6) is 0.989. The highest BCUT2D eigenvalue weighted by Gasteiger charge is 2.23. The van der Waals surface area contributed by atoms with Crippen LogP contribution in [0.25, 0.3) is 0 Å². The third kappa shape index (κ3) is 2.76. The number of hydrogen-bond donors (Lipinski definition) is 1. The summed E-state index contributed by atoms with van der Waals surface area (Å²) in [4.78, 5) is 6.62. The van der Waals surface area contributed by atoms with Crippen molar-refractivity contribution in [2.75, 3.05) is 24.5 Å². The molecule has 1 unspecified atom stereocenters. The van der Waals surface area contributed by atoms with Crippen LogP contribution in [0.3, 0.4) is 0 Å². The second-order valence-corrected chi connectivity index (χ2v) is 4.39. The monoisotopic (exact) mass is 223 g/mol. The molecule has 0 spiro atoms. The van der Waals surface area contributed by atoms with Gasteiger partial charge in [-0.25, -0.2) is 0 Å². The number of piperazine rings is 1. The van der Waals surface area contributed by atoms with Crippen molar-refractivity contribution in [1.82, 2.24) is 10.3 Å². The van der Waals surface area contributed by atoms with Crippen molar-refractivity contribution in [3.63, 3.8) is 0 Å². The number of hydrogen-bond acceptors (Lipinski definition) is 4. The van der Waals surface area contributed by atoms with Crippen molar-refractivity contribution < 1.29 is 4.42 Å². The van der Waals surface area contributed by atoms with E-state index in [1.165, 1.54) is 32.1 Å². The van der Waals surface area contributed by atoms with E-state index in [2.05, 4.69) is 22.1 Å². The van der Waals surface area contributed by atoms with Gasteiger partial charge in [-0.2, -0.15) is 4.98 Å². The molecular formula is C12H21N3O. The van der Waals surface area contributed by atoms with Crippen LogP contribution < -0.4 is 10.2 Å². The van der Waals surface area contributed by atoms with Gasteiger partial charge in [-0.1, -0.05) is 26.2 Å². The zero-order valence-electron chi connectivity index (χ0n) is 9.98. The molecule has 4 nitrogen and oxygen atoms in total. The van der Waals surface area contributed by atoms with E-state index in [0.29, 0.717) is 6.04 Å². The Bertz CT molecular complexity index is 286. The second kappa shape index (κ2) is 5.89. The zero-order chi connectivity index (χ0) is 11.2. The average molecular weight is 223 g/mol. The highest BCUT2D eigenvalue weighted by atomic mass is 16.3. The summed E-state index contributed by atoms with van der Waals surface area (Å²) in [5, 5.41) is 3.45. The van der Waals surface area contributed by atoms with Crippen LogP contribution in [0.2, 0.25) is 0 Å². The van der Waals surface area contributed by atoms with Crippen LogP contribution in [-0.2, 0) is 0 Å². The van der Waals surface area contributed by atoms with Gasteiger partial charge in [0.05, 0.1) is 0 Å². The first-order valence-electron chi connectivity index (χ1n) is 6.27. The first-order chi connectivity index (χ1) is 7.92. The maximum atomic E-state index is 5.07. The maximum absolute atomic E-state index is 5.07. The fraction of sp³-hybridized carbons (Fsp3) is 0.750. The largest absolute Gasteiger partial charge is 0.449 e. The predicted octanol–water partition coefficient (Wildman–Crippen LogP) is 2.03. The summed E-state index contributed by atoms with van der Waals surface area (Å²) in [6.45, 7) is 5.38. The fourth-order valence-corrected chi connectivity index (χ4v) is 2.30. The van der Waals surface area contributed by atoms with E-state index in [9.17, 15) is 0 Å². The Morgan fingerprint density at radius 3 is 3.25 bits per heavy atom. The summed E-state index contributed by atoms with van der Waals surface area (Å²) in [7, 11) is 0. The average Bonchev–Trinajstić information content (AvgIpc) is 2.83. The molecule has 0 aromatic carbocycles. The Morgan fingerprint density at radius 2 is 2.50 bits per heavy atom. The van der Waals surface area contributed by atoms with E-state index < -0.39 is 0 Å². The molecule has 0 amide bonds. The quantitative estimate of drug-likeness (QED) is 0.776. The molecular weight excluding hydrogens is 202 g/mol. The SMILES string of the molecule is CCCCCC1CNCCN1c1cocn1. The summed E-state index contributed by atoms with van der Waals surface area (Å²) in [5.41, 5.74) is 0. The summed E-state index contributed by atoms with van der Waals surface area (Å²) >= 11 is 0. The Labute approximate surface area is 97.0 Å². The summed E-state index contributed by atoms with van der Waals surface area (Å²) in [6.07, 6.45) is 8.41. The molecule has 2 heterocycles. The highest BCUT2D eigenvalue weighted by Crippen LogP contribution is 2.19. The Morgan fingerprint density at radius 1 is 1.56 bits per heavy atom. The second-order valence-electron chi connectivity index (χ2n) is 4.39. The molecule has 4 heteroatoms. The topological polar surface area (TPSA) is 41.3 Å². The van der Waals surface area contributed by atoms with Crippen molar-refractivity contribution in [1.29, 1.82) is 0 Å². The number of rotatable bonds is 5. The van der Waals surface area contributed by atoms with Crippen LogP contribution in [0.5, 0.6) is 0 Å². The molecule has 0 bridgehead atoms. The zero-order valence-corrected chi connectivity index (χ0v) is 9.98. The van der Waals surface area contributed by atoms with Gasteiger partial charge in [0.15, 0.2) is 12.2 Å². The highest BCUT2D eigenvalue weighted by molar-refractivity contribution is 5.36. The van der Waals surface area contributed by atoms with Gasteiger partial charge in [-0.05, 0) is 6.42 Å².